The molecule has 0 bridgehead atoms. The minimum absolute atomic E-state index is 0.284. The van der Waals surface area contributed by atoms with Gasteiger partial charge in [0.1, 0.15) is 16.9 Å². The van der Waals surface area contributed by atoms with E-state index in [9.17, 15) is 8.42 Å². The summed E-state index contributed by atoms with van der Waals surface area (Å²) in [5.41, 5.74) is 2.93. The summed E-state index contributed by atoms with van der Waals surface area (Å²) in [5.74, 6) is 0.754. The fourth-order valence-electron chi connectivity index (χ4n) is 2.52. The number of nitrogens with two attached hydrogens (primary N) is 1. The number of aromatic nitrogens is 5. The average Bonchev–Trinajstić information content (AvgIpc) is 3.13. The molecule has 148 valence electrons. The van der Waals surface area contributed by atoms with E-state index in [1.165, 1.54) is 0 Å². The number of fused-ring (bicyclic) bond motifs is 1. The maximum atomic E-state index is 11.4. The molecule has 0 aliphatic rings. The molecule has 0 atom stereocenters. The number of para-hydroxylation sites is 2. The molecule has 0 saturated heterocycles. The molecule has 2 heterocycles. The predicted octanol–water partition coefficient (Wildman–Crippen LogP) is 2.61. The Labute approximate surface area is 173 Å². The molecule has 0 radical (unpaired) electrons. The van der Waals surface area contributed by atoms with Gasteiger partial charge >= 0.3 is 0 Å². The van der Waals surface area contributed by atoms with Gasteiger partial charge in [-0.1, -0.05) is 12.1 Å². The molecule has 4 aromatic rings. The molecule has 2 aromatic heterocycles. The molecule has 29 heavy (non-hydrogen) atoms. The second kappa shape index (κ2) is 7.62. The number of nitrogens with one attached hydrogen (secondary N) is 4. The van der Waals surface area contributed by atoms with Gasteiger partial charge in [-0.3, -0.25) is 4.72 Å². The van der Waals surface area contributed by atoms with Crippen LogP contribution in [-0.2, 0) is 10.2 Å². The molecule has 13 heteroatoms. The van der Waals surface area contributed by atoms with E-state index in [1.807, 2.05) is 18.2 Å². The van der Waals surface area contributed by atoms with Crippen LogP contribution in [-0.4, -0.2) is 33.8 Å². The van der Waals surface area contributed by atoms with Gasteiger partial charge in [0.25, 0.3) is 10.2 Å². The third kappa shape index (κ3) is 4.59. The second-order valence-electron chi connectivity index (χ2n) is 5.86. The molecule has 11 nitrogen and oxygen atoms in total. The van der Waals surface area contributed by atoms with Crippen LogP contribution >= 0.6 is 15.9 Å². The highest BCUT2D eigenvalue weighted by Gasteiger charge is 2.11. The van der Waals surface area contributed by atoms with Crippen molar-refractivity contribution in [2.75, 3.05) is 15.4 Å². The molecule has 0 spiro atoms. The number of H-pyrrole nitrogens is 1. The zero-order valence-electron chi connectivity index (χ0n) is 14.6. The van der Waals surface area contributed by atoms with Gasteiger partial charge in [-0.15, -0.1) is 0 Å². The van der Waals surface area contributed by atoms with Crippen molar-refractivity contribution in [2.24, 2.45) is 5.14 Å². The molecule has 0 fully saturated rings. The Hall–Kier alpha value is -3.29. The first-order valence-electron chi connectivity index (χ1n) is 8.14. The summed E-state index contributed by atoms with van der Waals surface area (Å²) in [6, 6.07) is 12.1. The maximum absolute atomic E-state index is 11.4. The number of aromatic amines is 1. The molecule has 0 aliphatic heterocycles. The van der Waals surface area contributed by atoms with Crippen molar-refractivity contribution in [3.05, 3.63) is 53.1 Å². The fraction of sp³-hybridized carbons (Fsp3) is 0. The minimum atomic E-state index is -3.92. The van der Waals surface area contributed by atoms with Gasteiger partial charge < -0.3 is 10.6 Å². The molecular formula is C16H14BrN9O2S. The van der Waals surface area contributed by atoms with Crippen LogP contribution in [0.25, 0.3) is 11.0 Å². The normalized spacial score (nSPS) is 11.4. The molecule has 6 N–H and O–H groups in total. The van der Waals surface area contributed by atoms with Crippen molar-refractivity contribution in [3.63, 3.8) is 0 Å². The summed E-state index contributed by atoms with van der Waals surface area (Å²) < 4.78 is 25.6. The number of rotatable bonds is 6. The Morgan fingerprint density at radius 1 is 1.00 bits per heavy atom. The Balaban J connectivity index is 1.61. The third-order valence-corrected chi connectivity index (χ3v) is 4.83. The van der Waals surface area contributed by atoms with Crippen LogP contribution in [0.15, 0.2) is 53.1 Å². The number of anilines is 5. The Bertz CT molecular complexity index is 1290. The number of hydrogen-bond donors (Lipinski definition) is 5. The molecular weight excluding hydrogens is 462 g/mol. The predicted molar refractivity (Wildman–Crippen MR) is 113 cm³/mol. The Morgan fingerprint density at radius 2 is 1.76 bits per heavy atom. The molecule has 0 saturated carbocycles. The fourth-order valence-corrected chi connectivity index (χ4v) is 3.30. The SMILES string of the molecule is NS(=O)(=O)Nc1ccccc1Nc1nc(Nc2ccc3n[nH]nc3c2)ncc1Br. The lowest BCUT2D eigenvalue weighted by Gasteiger charge is -2.14. The van der Waals surface area contributed by atoms with E-state index in [-0.39, 0.29) is 5.69 Å². The quantitative estimate of drug-likeness (QED) is 0.284. The highest BCUT2D eigenvalue weighted by Crippen LogP contribution is 2.29. The average molecular weight is 476 g/mol. The van der Waals surface area contributed by atoms with E-state index in [0.29, 0.717) is 27.4 Å². The van der Waals surface area contributed by atoms with Crippen molar-refractivity contribution in [2.45, 2.75) is 0 Å². The number of halogens is 1. The standard InChI is InChI=1S/C16H14BrN9O2S/c17-10-8-19-16(20-9-5-6-12-14(7-9)24-26-23-12)22-15(10)21-11-3-1-2-4-13(11)25-29(18,27)28/h1-8,25H,(H2,18,27,28)(H,23,24,26)(H2,19,20,21,22). The van der Waals surface area contributed by atoms with Crippen LogP contribution in [0.1, 0.15) is 0 Å². The highest BCUT2D eigenvalue weighted by atomic mass is 79.9. The van der Waals surface area contributed by atoms with Gasteiger partial charge in [-0.25, -0.2) is 10.1 Å². The molecule has 0 unspecified atom stereocenters. The third-order valence-electron chi connectivity index (χ3n) is 3.75. The van der Waals surface area contributed by atoms with Crippen LogP contribution < -0.4 is 20.5 Å². The number of benzene rings is 2. The van der Waals surface area contributed by atoms with Crippen molar-refractivity contribution < 1.29 is 8.42 Å². The van der Waals surface area contributed by atoms with Gasteiger partial charge in [-0.05, 0) is 46.3 Å². The lowest BCUT2D eigenvalue weighted by atomic mass is 10.2. The van der Waals surface area contributed by atoms with Gasteiger partial charge in [0.05, 0.1) is 15.8 Å². The van der Waals surface area contributed by atoms with E-state index in [2.05, 4.69) is 56.7 Å². The van der Waals surface area contributed by atoms with Crippen molar-refractivity contribution in [1.82, 2.24) is 25.4 Å². The smallest absolute Gasteiger partial charge is 0.296 e. The van der Waals surface area contributed by atoms with Gasteiger partial charge in [0, 0.05) is 11.9 Å². The van der Waals surface area contributed by atoms with E-state index >= 15 is 0 Å². The van der Waals surface area contributed by atoms with E-state index in [4.69, 9.17) is 5.14 Å². The monoisotopic (exact) mass is 475 g/mol. The summed E-state index contributed by atoms with van der Waals surface area (Å²) in [5, 5.41) is 21.9. The van der Waals surface area contributed by atoms with Crippen molar-refractivity contribution in [1.29, 1.82) is 0 Å². The summed E-state index contributed by atoms with van der Waals surface area (Å²) in [7, 11) is -3.92. The highest BCUT2D eigenvalue weighted by molar-refractivity contribution is 9.10. The maximum Gasteiger partial charge on any atom is 0.296 e. The summed E-state index contributed by atoms with van der Waals surface area (Å²) >= 11 is 3.39. The largest absolute Gasteiger partial charge is 0.337 e. The van der Waals surface area contributed by atoms with Crippen molar-refractivity contribution in [3.8, 4) is 0 Å². The first-order valence-corrected chi connectivity index (χ1v) is 10.5. The lowest BCUT2D eigenvalue weighted by molar-refractivity contribution is 0.603. The summed E-state index contributed by atoms with van der Waals surface area (Å²) in [4.78, 5) is 8.68. The zero-order valence-corrected chi connectivity index (χ0v) is 17.0. The Morgan fingerprint density at radius 3 is 2.55 bits per heavy atom. The Kier molecular flexibility index (Phi) is 5.00. The van der Waals surface area contributed by atoms with Crippen LogP contribution in [0.3, 0.4) is 0 Å². The first kappa shape index (κ1) is 19.0. The number of hydrogen-bond acceptors (Lipinski definition) is 8. The second-order valence-corrected chi connectivity index (χ2v) is 8.01. The minimum Gasteiger partial charge on any atom is -0.337 e. The van der Waals surface area contributed by atoms with E-state index in [0.717, 1.165) is 11.2 Å². The van der Waals surface area contributed by atoms with Crippen LogP contribution in [0.4, 0.5) is 28.8 Å². The van der Waals surface area contributed by atoms with Crippen LogP contribution in [0.2, 0.25) is 0 Å². The van der Waals surface area contributed by atoms with Gasteiger partial charge in [0.15, 0.2) is 0 Å². The summed E-state index contributed by atoms with van der Waals surface area (Å²) in [6.45, 7) is 0. The van der Waals surface area contributed by atoms with Gasteiger partial charge in [-0.2, -0.15) is 28.8 Å². The summed E-state index contributed by atoms with van der Waals surface area (Å²) in [6.07, 6.45) is 1.57. The van der Waals surface area contributed by atoms with Gasteiger partial charge in [0.2, 0.25) is 5.95 Å². The lowest BCUT2D eigenvalue weighted by Crippen LogP contribution is -2.22. The topological polar surface area (TPSA) is 164 Å². The first-order chi connectivity index (χ1) is 13.9. The van der Waals surface area contributed by atoms with Crippen LogP contribution in [0, 0.1) is 0 Å². The molecule has 0 amide bonds. The molecule has 2 aromatic carbocycles. The number of nitrogens with zero attached hydrogens (tertiary/aromatic N) is 4. The van der Waals surface area contributed by atoms with E-state index in [1.54, 1.807) is 30.5 Å². The molecule has 4 rings (SSSR count). The zero-order chi connectivity index (χ0) is 20.4. The van der Waals surface area contributed by atoms with Crippen LogP contribution in [0.5, 0.6) is 0 Å². The molecule has 0 aliphatic carbocycles. The van der Waals surface area contributed by atoms with E-state index < -0.39 is 10.2 Å². The van der Waals surface area contributed by atoms with Crippen molar-refractivity contribution >= 4 is 66.0 Å².